The van der Waals surface area contributed by atoms with Crippen LogP contribution in [0.4, 0.5) is 5.82 Å². The van der Waals surface area contributed by atoms with Crippen LogP contribution in [0.3, 0.4) is 0 Å². The Kier molecular flexibility index (Phi) is 4.84. The van der Waals surface area contributed by atoms with E-state index in [1.54, 1.807) is 0 Å². The van der Waals surface area contributed by atoms with Gasteiger partial charge < -0.3 is 24.9 Å². The van der Waals surface area contributed by atoms with Crippen LogP contribution in [-0.4, -0.2) is 44.1 Å². The zero-order valence-corrected chi connectivity index (χ0v) is 18.2. The first-order valence-corrected chi connectivity index (χ1v) is 11.8. The van der Waals surface area contributed by atoms with E-state index < -0.39 is 0 Å². The predicted molar refractivity (Wildman–Crippen MR) is 122 cm³/mol. The molecule has 3 fully saturated rings. The second-order valence-electron chi connectivity index (χ2n) is 9.69. The smallest absolute Gasteiger partial charge is 0.146 e. The molecule has 7 nitrogen and oxygen atoms in total. The summed E-state index contributed by atoms with van der Waals surface area (Å²) in [7, 11) is 0. The van der Waals surface area contributed by atoms with E-state index in [2.05, 4.69) is 32.9 Å². The molecule has 6 rings (SSSR count). The molecule has 7 heteroatoms. The van der Waals surface area contributed by atoms with Gasteiger partial charge in [0.1, 0.15) is 35.7 Å². The maximum Gasteiger partial charge on any atom is 0.146 e. The van der Waals surface area contributed by atoms with Crippen molar-refractivity contribution in [2.45, 2.75) is 75.2 Å². The molecule has 2 aliphatic heterocycles. The summed E-state index contributed by atoms with van der Waals surface area (Å²) in [6.45, 7) is 0.602. The number of aliphatic hydroxyl groups excluding tert-OH is 1. The van der Waals surface area contributed by atoms with Gasteiger partial charge in [0, 0.05) is 17.8 Å². The minimum atomic E-state index is -0.195. The first kappa shape index (κ1) is 20.0. The molecule has 3 N–H and O–H groups in total. The third-order valence-corrected chi connectivity index (χ3v) is 7.61. The number of benzene rings is 1. The van der Waals surface area contributed by atoms with Crippen LogP contribution in [0.25, 0.3) is 22.2 Å². The van der Waals surface area contributed by atoms with E-state index in [1.807, 2.05) is 12.1 Å². The van der Waals surface area contributed by atoms with Crippen LogP contribution in [0.1, 0.15) is 57.4 Å². The molecule has 1 aliphatic carbocycles. The highest BCUT2D eigenvalue weighted by Crippen LogP contribution is 2.44. The zero-order valence-electron chi connectivity index (χ0n) is 18.2. The average Bonchev–Trinajstić information content (AvgIpc) is 3.53. The van der Waals surface area contributed by atoms with Crippen LogP contribution in [0.15, 0.2) is 36.8 Å². The molecule has 3 aromatic rings. The molecule has 2 bridgehead atoms. The highest BCUT2D eigenvalue weighted by atomic mass is 16.6. The monoisotopic (exact) mass is 434 g/mol. The number of nitrogens with zero attached hydrogens (tertiary/aromatic N) is 3. The Labute approximate surface area is 187 Å². The standard InChI is InChI=1S/C25H30N4O3/c26-23-22-21(13-29(24(22)28-15-27-23)17-4-6-18(30)7-5-17)16-2-1-3-20(12-16)31-14-25-10-8-19(32-25)9-11-25/h1-3,12-13,15,17-19,30H,4-11,14H2,(H2,26,27,28). The van der Waals surface area contributed by atoms with Gasteiger partial charge in [0.05, 0.1) is 17.6 Å². The molecule has 168 valence electrons. The van der Waals surface area contributed by atoms with E-state index in [0.717, 1.165) is 79.3 Å². The molecule has 0 unspecified atom stereocenters. The minimum Gasteiger partial charge on any atom is -0.491 e. The summed E-state index contributed by atoms with van der Waals surface area (Å²) >= 11 is 0. The van der Waals surface area contributed by atoms with Gasteiger partial charge in [0.15, 0.2) is 0 Å². The molecule has 0 amide bonds. The number of nitrogens with two attached hydrogens (primary N) is 1. The fourth-order valence-electron chi connectivity index (χ4n) is 5.80. The molecule has 4 heterocycles. The topological polar surface area (TPSA) is 95.4 Å². The lowest BCUT2D eigenvalue weighted by Crippen LogP contribution is -2.32. The van der Waals surface area contributed by atoms with Gasteiger partial charge in [-0.05, 0) is 69.1 Å². The molecule has 1 aromatic carbocycles. The number of nitrogen functional groups attached to an aromatic ring is 1. The molecule has 2 aromatic heterocycles. The van der Waals surface area contributed by atoms with E-state index in [-0.39, 0.29) is 11.7 Å². The van der Waals surface area contributed by atoms with Crippen molar-refractivity contribution in [1.29, 1.82) is 0 Å². The number of hydrogen-bond acceptors (Lipinski definition) is 6. The fraction of sp³-hybridized carbons (Fsp3) is 0.520. The van der Waals surface area contributed by atoms with Crippen LogP contribution in [-0.2, 0) is 4.74 Å². The zero-order chi connectivity index (χ0) is 21.7. The molecule has 2 saturated heterocycles. The van der Waals surface area contributed by atoms with Crippen LogP contribution >= 0.6 is 0 Å². The molecular formula is C25H30N4O3. The number of aromatic nitrogens is 3. The summed E-state index contributed by atoms with van der Waals surface area (Å²) in [6, 6.07) is 8.49. The van der Waals surface area contributed by atoms with Crippen molar-refractivity contribution >= 4 is 16.9 Å². The van der Waals surface area contributed by atoms with Crippen molar-refractivity contribution in [3.8, 4) is 16.9 Å². The lowest BCUT2D eigenvalue weighted by atomic mass is 9.89. The Morgan fingerprint density at radius 2 is 1.94 bits per heavy atom. The van der Waals surface area contributed by atoms with Gasteiger partial charge >= 0.3 is 0 Å². The second-order valence-corrected chi connectivity index (χ2v) is 9.69. The largest absolute Gasteiger partial charge is 0.491 e. The highest BCUT2D eigenvalue weighted by Gasteiger charge is 2.46. The molecule has 0 radical (unpaired) electrons. The normalized spacial score (nSPS) is 29.6. The first-order chi connectivity index (χ1) is 15.6. The number of fused-ring (bicyclic) bond motifs is 3. The lowest BCUT2D eigenvalue weighted by Gasteiger charge is -2.27. The van der Waals surface area contributed by atoms with E-state index in [9.17, 15) is 5.11 Å². The van der Waals surface area contributed by atoms with Gasteiger partial charge in [-0.3, -0.25) is 0 Å². The Morgan fingerprint density at radius 3 is 2.69 bits per heavy atom. The van der Waals surface area contributed by atoms with Gasteiger partial charge in [0.25, 0.3) is 0 Å². The van der Waals surface area contributed by atoms with Crippen LogP contribution in [0.5, 0.6) is 5.75 Å². The third kappa shape index (κ3) is 3.44. The minimum absolute atomic E-state index is 0.0967. The summed E-state index contributed by atoms with van der Waals surface area (Å²) in [4.78, 5) is 8.85. The van der Waals surface area contributed by atoms with Gasteiger partial charge in [-0.25, -0.2) is 9.97 Å². The number of aliphatic hydroxyl groups is 1. The quantitative estimate of drug-likeness (QED) is 0.623. The number of ether oxygens (including phenoxy) is 2. The molecule has 0 spiro atoms. The van der Waals surface area contributed by atoms with E-state index >= 15 is 0 Å². The summed E-state index contributed by atoms with van der Waals surface area (Å²) in [5, 5.41) is 10.8. The van der Waals surface area contributed by atoms with Crippen molar-refractivity contribution in [3.63, 3.8) is 0 Å². The first-order valence-electron chi connectivity index (χ1n) is 11.8. The summed E-state index contributed by atoms with van der Waals surface area (Å²) in [5.74, 6) is 1.33. The Bertz CT molecular complexity index is 1130. The Morgan fingerprint density at radius 1 is 1.12 bits per heavy atom. The summed E-state index contributed by atoms with van der Waals surface area (Å²) in [6.07, 6.45) is 11.9. The molecule has 32 heavy (non-hydrogen) atoms. The third-order valence-electron chi connectivity index (χ3n) is 7.61. The maximum absolute atomic E-state index is 9.94. The molecule has 3 aliphatic rings. The molecular weight excluding hydrogens is 404 g/mol. The van der Waals surface area contributed by atoms with Gasteiger partial charge in [0.2, 0.25) is 0 Å². The van der Waals surface area contributed by atoms with Gasteiger partial charge in [-0.2, -0.15) is 0 Å². The summed E-state index contributed by atoms with van der Waals surface area (Å²) < 4.78 is 14.6. The van der Waals surface area contributed by atoms with Gasteiger partial charge in [-0.1, -0.05) is 12.1 Å². The van der Waals surface area contributed by atoms with Crippen molar-refractivity contribution < 1.29 is 14.6 Å². The molecule has 1 saturated carbocycles. The average molecular weight is 435 g/mol. The predicted octanol–water partition coefficient (Wildman–Crippen LogP) is 4.25. The lowest BCUT2D eigenvalue weighted by molar-refractivity contribution is -0.0198. The van der Waals surface area contributed by atoms with Crippen LogP contribution in [0.2, 0.25) is 0 Å². The summed E-state index contributed by atoms with van der Waals surface area (Å²) in [5.41, 5.74) is 9.15. The number of rotatable bonds is 5. The number of anilines is 1. The van der Waals surface area contributed by atoms with Crippen LogP contribution < -0.4 is 10.5 Å². The highest BCUT2D eigenvalue weighted by molar-refractivity contribution is 6.00. The van der Waals surface area contributed by atoms with E-state index in [0.29, 0.717) is 24.6 Å². The van der Waals surface area contributed by atoms with E-state index in [4.69, 9.17) is 15.2 Å². The SMILES string of the molecule is Nc1ncnc2c1c(-c1cccc(OCC34CCC(CC3)O4)c1)cn2C1CCC(O)CC1. The van der Waals surface area contributed by atoms with Gasteiger partial charge in [-0.15, -0.1) is 0 Å². The Balaban J connectivity index is 1.32. The number of hydrogen-bond donors (Lipinski definition) is 2. The fourth-order valence-corrected chi connectivity index (χ4v) is 5.80. The van der Waals surface area contributed by atoms with E-state index in [1.165, 1.54) is 6.33 Å². The molecule has 0 atom stereocenters. The maximum atomic E-state index is 9.94. The Hall–Kier alpha value is -2.64. The second kappa shape index (κ2) is 7.74. The van der Waals surface area contributed by atoms with Crippen molar-refractivity contribution in [2.75, 3.05) is 12.3 Å². The van der Waals surface area contributed by atoms with Crippen molar-refractivity contribution in [1.82, 2.24) is 14.5 Å². The van der Waals surface area contributed by atoms with Crippen LogP contribution in [0, 0.1) is 0 Å². The van der Waals surface area contributed by atoms with Crippen molar-refractivity contribution in [2.24, 2.45) is 0 Å². The van der Waals surface area contributed by atoms with Crippen molar-refractivity contribution in [3.05, 3.63) is 36.8 Å².